The van der Waals surface area contributed by atoms with Crippen molar-refractivity contribution in [1.82, 2.24) is 0 Å². The molecule has 0 unspecified atom stereocenters. The van der Waals surface area contributed by atoms with Gasteiger partial charge in [0.15, 0.2) is 0 Å². The first kappa shape index (κ1) is 26.5. The molecule has 10 heteroatoms. The maximum absolute atomic E-state index is 14.9. The van der Waals surface area contributed by atoms with E-state index in [1.54, 1.807) is 18.2 Å². The topological polar surface area (TPSA) is 71.0 Å². The van der Waals surface area contributed by atoms with Gasteiger partial charge < -0.3 is 24.8 Å². The molecule has 1 saturated heterocycles. The second kappa shape index (κ2) is 11.0. The molecule has 2 aliphatic heterocycles. The van der Waals surface area contributed by atoms with Crippen LogP contribution in [0.25, 0.3) is 0 Å². The standard InChI is InChI=1S/C28H26Cl2F2N2O4/c29-18-3-1-17(2-4-18)15-37-25-14-23(22(32)13-20(25)30)34-11-9-28(36,10-12-34)16-38-24-7-6-21(31)27-19(24)5-8-26(35)33-27/h1-4,6-7,13-14,36H,5,8-12,15-16H2,(H,33,35). The van der Waals surface area contributed by atoms with Crippen LogP contribution in [0.4, 0.5) is 20.2 Å². The van der Waals surface area contributed by atoms with E-state index in [0.717, 1.165) is 5.56 Å². The monoisotopic (exact) mass is 562 g/mol. The number of piperidine rings is 1. The summed E-state index contributed by atoms with van der Waals surface area (Å²) in [5, 5.41) is 14.5. The highest BCUT2D eigenvalue weighted by Crippen LogP contribution is 2.37. The number of ether oxygens (including phenoxy) is 2. The van der Waals surface area contributed by atoms with Crippen LogP contribution in [0, 0.1) is 11.6 Å². The van der Waals surface area contributed by atoms with E-state index in [4.69, 9.17) is 32.7 Å². The maximum atomic E-state index is 14.9. The first-order valence-corrected chi connectivity index (χ1v) is 13.0. The molecule has 0 aromatic heterocycles. The molecular formula is C28H26Cl2F2N2O4. The minimum absolute atomic E-state index is 0.00852. The number of halogens is 4. The van der Waals surface area contributed by atoms with Crippen LogP contribution < -0.4 is 19.7 Å². The Morgan fingerprint density at radius 3 is 2.42 bits per heavy atom. The van der Waals surface area contributed by atoms with Gasteiger partial charge in [-0.3, -0.25) is 4.79 Å². The van der Waals surface area contributed by atoms with Gasteiger partial charge in [0.05, 0.1) is 16.4 Å². The molecule has 3 aromatic carbocycles. The van der Waals surface area contributed by atoms with Crippen LogP contribution in [0.3, 0.4) is 0 Å². The van der Waals surface area contributed by atoms with E-state index in [1.165, 1.54) is 18.2 Å². The van der Waals surface area contributed by atoms with Gasteiger partial charge in [-0.2, -0.15) is 0 Å². The highest BCUT2D eigenvalue weighted by Gasteiger charge is 2.35. The molecule has 6 nitrogen and oxygen atoms in total. The van der Waals surface area contributed by atoms with Crippen molar-refractivity contribution in [3.05, 3.63) is 81.3 Å². The van der Waals surface area contributed by atoms with Gasteiger partial charge in [-0.15, -0.1) is 0 Å². The second-order valence-corrected chi connectivity index (χ2v) is 10.4. The van der Waals surface area contributed by atoms with Gasteiger partial charge in [0.2, 0.25) is 5.91 Å². The van der Waals surface area contributed by atoms with Crippen molar-refractivity contribution < 1.29 is 28.2 Å². The summed E-state index contributed by atoms with van der Waals surface area (Å²) in [4.78, 5) is 13.5. The number of nitrogens with one attached hydrogen (secondary N) is 1. The molecular weight excluding hydrogens is 537 g/mol. The lowest BCUT2D eigenvalue weighted by Crippen LogP contribution is -2.48. The minimum Gasteiger partial charge on any atom is -0.490 e. The molecule has 0 spiro atoms. The first-order valence-electron chi connectivity index (χ1n) is 12.3. The van der Waals surface area contributed by atoms with Crippen LogP contribution in [0.2, 0.25) is 10.0 Å². The minimum atomic E-state index is -1.15. The van der Waals surface area contributed by atoms with Crippen molar-refractivity contribution >= 4 is 40.5 Å². The van der Waals surface area contributed by atoms with Crippen LogP contribution in [-0.4, -0.2) is 36.3 Å². The summed E-state index contributed by atoms with van der Waals surface area (Å²) in [7, 11) is 0. The Hall–Kier alpha value is -3.07. The second-order valence-electron chi connectivity index (χ2n) is 9.60. The lowest BCUT2D eigenvalue weighted by molar-refractivity contribution is -0.116. The lowest BCUT2D eigenvalue weighted by Gasteiger charge is -2.39. The summed E-state index contributed by atoms with van der Waals surface area (Å²) < 4.78 is 40.8. The van der Waals surface area contributed by atoms with Crippen LogP contribution >= 0.6 is 23.2 Å². The zero-order chi connectivity index (χ0) is 26.9. The van der Waals surface area contributed by atoms with Crippen LogP contribution in [-0.2, 0) is 17.8 Å². The molecule has 38 heavy (non-hydrogen) atoms. The zero-order valence-corrected chi connectivity index (χ0v) is 21.9. The molecule has 2 N–H and O–H groups in total. The van der Waals surface area contributed by atoms with E-state index in [-0.39, 0.29) is 36.3 Å². The molecule has 2 heterocycles. The smallest absolute Gasteiger partial charge is 0.224 e. The largest absolute Gasteiger partial charge is 0.490 e. The van der Waals surface area contributed by atoms with Crippen molar-refractivity contribution in [1.29, 1.82) is 0 Å². The summed E-state index contributed by atoms with van der Waals surface area (Å²) in [5.74, 6) is -0.448. The highest BCUT2D eigenvalue weighted by molar-refractivity contribution is 6.32. The molecule has 3 aromatic rings. The number of aliphatic hydroxyl groups is 1. The average molecular weight is 563 g/mol. The molecule has 2 aliphatic rings. The van der Waals surface area contributed by atoms with Gasteiger partial charge in [0, 0.05) is 36.2 Å². The van der Waals surface area contributed by atoms with Crippen molar-refractivity contribution in [2.24, 2.45) is 0 Å². The van der Waals surface area contributed by atoms with Crippen LogP contribution in [0.5, 0.6) is 11.5 Å². The molecule has 1 amide bonds. The van der Waals surface area contributed by atoms with Gasteiger partial charge in [0.25, 0.3) is 0 Å². The van der Waals surface area contributed by atoms with Crippen LogP contribution in [0.15, 0.2) is 48.5 Å². The Kier molecular flexibility index (Phi) is 7.66. The predicted octanol–water partition coefficient (Wildman–Crippen LogP) is 6.15. The van der Waals surface area contributed by atoms with Gasteiger partial charge in [-0.1, -0.05) is 35.3 Å². The van der Waals surface area contributed by atoms with Crippen molar-refractivity contribution in [2.45, 2.75) is 37.9 Å². The normalized spacial score (nSPS) is 16.6. The van der Waals surface area contributed by atoms with Gasteiger partial charge in [0.1, 0.15) is 41.9 Å². The molecule has 0 aliphatic carbocycles. The third-order valence-corrected chi connectivity index (χ3v) is 7.47. The van der Waals surface area contributed by atoms with Crippen molar-refractivity contribution in [2.75, 3.05) is 29.9 Å². The van der Waals surface area contributed by atoms with E-state index >= 15 is 0 Å². The summed E-state index contributed by atoms with van der Waals surface area (Å²) >= 11 is 12.2. The Morgan fingerprint density at radius 2 is 1.68 bits per heavy atom. The first-order chi connectivity index (χ1) is 18.2. The van der Waals surface area contributed by atoms with Gasteiger partial charge in [-0.25, -0.2) is 8.78 Å². The summed E-state index contributed by atoms with van der Waals surface area (Å²) in [5.41, 5.74) is 0.802. The van der Waals surface area contributed by atoms with Crippen LogP contribution in [0.1, 0.15) is 30.4 Å². The zero-order valence-electron chi connectivity index (χ0n) is 20.4. The van der Waals surface area contributed by atoms with E-state index in [2.05, 4.69) is 5.32 Å². The number of amides is 1. The molecule has 0 radical (unpaired) electrons. The SMILES string of the molecule is O=C1CCc2c(OCC3(O)CCN(c4cc(OCc5ccc(Cl)cc5)c(Cl)cc4F)CC3)ccc(F)c2N1. The Bertz CT molecular complexity index is 1350. The lowest BCUT2D eigenvalue weighted by atomic mass is 9.92. The number of carbonyl (C=O) groups is 1. The molecule has 0 saturated carbocycles. The molecule has 0 bridgehead atoms. The Labute approximate surface area is 229 Å². The van der Waals surface area contributed by atoms with Crippen molar-refractivity contribution in [3.63, 3.8) is 0 Å². The number of benzene rings is 3. The number of hydrogen-bond donors (Lipinski definition) is 2. The number of fused-ring (bicyclic) bond motifs is 1. The third kappa shape index (κ3) is 5.82. The predicted molar refractivity (Wildman–Crippen MR) is 142 cm³/mol. The van der Waals surface area contributed by atoms with E-state index in [1.807, 2.05) is 17.0 Å². The fourth-order valence-corrected chi connectivity index (χ4v) is 5.02. The fraction of sp³-hybridized carbons (Fsp3) is 0.321. The number of carbonyl (C=O) groups excluding carboxylic acids is 1. The van der Waals surface area contributed by atoms with E-state index < -0.39 is 17.2 Å². The Morgan fingerprint density at radius 1 is 0.947 bits per heavy atom. The molecule has 0 atom stereocenters. The van der Waals surface area contributed by atoms with E-state index in [0.29, 0.717) is 60.1 Å². The Balaban J connectivity index is 1.22. The quantitative estimate of drug-likeness (QED) is 0.361. The number of anilines is 2. The number of rotatable bonds is 7. The maximum Gasteiger partial charge on any atom is 0.224 e. The van der Waals surface area contributed by atoms with Gasteiger partial charge in [-0.05, 0) is 55.2 Å². The average Bonchev–Trinajstić information content (AvgIpc) is 2.90. The van der Waals surface area contributed by atoms with Crippen molar-refractivity contribution in [3.8, 4) is 11.5 Å². The molecule has 5 rings (SSSR count). The fourth-order valence-electron chi connectivity index (χ4n) is 4.69. The van der Waals surface area contributed by atoms with Gasteiger partial charge >= 0.3 is 0 Å². The summed E-state index contributed by atoms with van der Waals surface area (Å²) in [6, 6.07) is 12.8. The third-order valence-electron chi connectivity index (χ3n) is 6.93. The summed E-state index contributed by atoms with van der Waals surface area (Å²) in [6.45, 7) is 1.00. The number of nitrogens with zero attached hydrogens (tertiary/aromatic N) is 1. The highest BCUT2D eigenvalue weighted by atomic mass is 35.5. The molecule has 1 fully saturated rings. The van der Waals surface area contributed by atoms with E-state index in [9.17, 15) is 18.7 Å². The molecule has 200 valence electrons. The number of hydrogen-bond acceptors (Lipinski definition) is 5. The summed E-state index contributed by atoms with van der Waals surface area (Å²) in [6.07, 6.45) is 1.26.